The predicted molar refractivity (Wildman–Crippen MR) is 120 cm³/mol. The fourth-order valence-electron chi connectivity index (χ4n) is 3.09. The van der Waals surface area contributed by atoms with Crippen LogP contribution in [0.15, 0.2) is 48.0 Å². The largest absolute Gasteiger partial charge is 0.434 e. The van der Waals surface area contributed by atoms with Gasteiger partial charge in [-0.1, -0.05) is 11.6 Å². The van der Waals surface area contributed by atoms with Gasteiger partial charge in [0.25, 0.3) is 5.91 Å². The molecule has 3 aromatic heterocycles. The van der Waals surface area contributed by atoms with Crippen molar-refractivity contribution in [1.29, 1.82) is 0 Å². The topological polar surface area (TPSA) is 59.8 Å². The molecule has 1 N–H and O–H groups in total. The van der Waals surface area contributed by atoms with Crippen LogP contribution in [0.25, 0.3) is 16.3 Å². The van der Waals surface area contributed by atoms with Crippen molar-refractivity contribution in [3.63, 3.8) is 0 Å². The van der Waals surface area contributed by atoms with E-state index in [0.717, 1.165) is 26.7 Å². The Morgan fingerprint density at radius 2 is 1.94 bits per heavy atom. The van der Waals surface area contributed by atoms with Crippen LogP contribution in [-0.2, 0) is 12.6 Å². The number of halogens is 4. The Morgan fingerprint density at radius 3 is 2.59 bits per heavy atom. The highest BCUT2D eigenvalue weighted by Crippen LogP contribution is 2.34. The molecule has 3 heterocycles. The Bertz CT molecular complexity index is 1240. The fraction of sp³-hybridized carbons (Fsp3) is 0.190. The molecule has 0 unspecified atom stereocenters. The number of nitrogens with one attached hydrogen (secondary N) is 1. The molecule has 0 fully saturated rings. The summed E-state index contributed by atoms with van der Waals surface area (Å²) in [6.07, 6.45) is -3.34. The molecule has 5 nitrogen and oxygen atoms in total. The lowest BCUT2D eigenvalue weighted by Crippen LogP contribution is -2.28. The van der Waals surface area contributed by atoms with Gasteiger partial charge in [0.15, 0.2) is 5.69 Å². The molecule has 4 aromatic rings. The minimum atomic E-state index is -4.77. The number of alkyl halides is 3. The molecule has 166 valence electrons. The summed E-state index contributed by atoms with van der Waals surface area (Å²) in [5, 5.41) is 9.70. The second kappa shape index (κ2) is 9.05. The van der Waals surface area contributed by atoms with Crippen molar-refractivity contribution in [3.8, 4) is 16.3 Å². The zero-order valence-corrected chi connectivity index (χ0v) is 19.0. The first-order chi connectivity index (χ1) is 15.2. The zero-order chi connectivity index (χ0) is 22.9. The van der Waals surface area contributed by atoms with Crippen LogP contribution in [0.2, 0.25) is 5.02 Å². The average molecular weight is 497 g/mol. The van der Waals surface area contributed by atoms with Crippen molar-refractivity contribution in [2.45, 2.75) is 19.5 Å². The van der Waals surface area contributed by atoms with Gasteiger partial charge >= 0.3 is 6.18 Å². The van der Waals surface area contributed by atoms with E-state index in [1.165, 1.54) is 24.3 Å². The number of thiophene rings is 1. The van der Waals surface area contributed by atoms with Gasteiger partial charge < -0.3 is 5.32 Å². The maximum absolute atomic E-state index is 13.7. The van der Waals surface area contributed by atoms with Crippen LogP contribution in [0.4, 0.5) is 13.2 Å². The Balaban J connectivity index is 1.47. The van der Waals surface area contributed by atoms with Crippen LogP contribution in [-0.4, -0.2) is 27.2 Å². The van der Waals surface area contributed by atoms with Gasteiger partial charge in [-0.3, -0.25) is 4.79 Å². The molecule has 4 rings (SSSR count). The van der Waals surface area contributed by atoms with E-state index in [1.807, 2.05) is 24.4 Å². The molecule has 0 radical (unpaired) electrons. The molecule has 1 amide bonds. The fourth-order valence-corrected chi connectivity index (χ4v) is 4.87. The molecular formula is C21H16ClF3N4OS2. The summed E-state index contributed by atoms with van der Waals surface area (Å²) < 4.78 is 42.0. The first-order valence-corrected chi connectivity index (χ1v) is 11.5. The van der Waals surface area contributed by atoms with Crippen LogP contribution in [0.3, 0.4) is 0 Å². The third-order valence-electron chi connectivity index (χ3n) is 4.54. The Hall–Kier alpha value is -2.69. The lowest BCUT2D eigenvalue weighted by molar-refractivity contribution is -0.143. The van der Waals surface area contributed by atoms with Crippen LogP contribution < -0.4 is 5.32 Å². The normalized spacial score (nSPS) is 11.7. The smallest absolute Gasteiger partial charge is 0.352 e. The second-order valence-electron chi connectivity index (χ2n) is 6.82. The Labute approximate surface area is 194 Å². The molecule has 0 aliphatic heterocycles. The SMILES string of the molecule is Cc1nc(-c2ccc(CCNC(=O)c3cnn(-c4ccc(Cl)cc4)c3C(F)(F)F)s2)cs1. The number of aryl methyl sites for hydroxylation is 1. The number of aromatic nitrogens is 3. The minimum absolute atomic E-state index is 0.157. The van der Waals surface area contributed by atoms with E-state index in [4.69, 9.17) is 11.6 Å². The van der Waals surface area contributed by atoms with Crippen molar-refractivity contribution in [3.05, 3.63) is 74.1 Å². The summed E-state index contributed by atoms with van der Waals surface area (Å²) in [5.74, 6) is -0.829. The third kappa shape index (κ3) is 4.87. The molecule has 32 heavy (non-hydrogen) atoms. The van der Waals surface area contributed by atoms with E-state index >= 15 is 0 Å². The van der Waals surface area contributed by atoms with Crippen molar-refractivity contribution >= 4 is 40.2 Å². The summed E-state index contributed by atoms with van der Waals surface area (Å²) in [7, 11) is 0. The molecule has 0 spiro atoms. The predicted octanol–water partition coefficient (Wildman–Crippen LogP) is 6.01. The van der Waals surface area contributed by atoms with Gasteiger partial charge in [-0.05, 0) is 49.7 Å². The molecule has 11 heteroatoms. The molecule has 0 saturated heterocycles. The number of benzene rings is 1. The molecule has 0 saturated carbocycles. The van der Waals surface area contributed by atoms with E-state index in [9.17, 15) is 18.0 Å². The summed E-state index contributed by atoms with van der Waals surface area (Å²) >= 11 is 8.92. The van der Waals surface area contributed by atoms with Crippen LogP contribution in [0, 0.1) is 6.92 Å². The van der Waals surface area contributed by atoms with Gasteiger partial charge in [-0.25, -0.2) is 9.67 Å². The van der Waals surface area contributed by atoms with Gasteiger partial charge in [0.2, 0.25) is 0 Å². The quantitative estimate of drug-likeness (QED) is 0.355. The molecule has 0 bridgehead atoms. The van der Waals surface area contributed by atoms with Crippen molar-refractivity contribution in [1.82, 2.24) is 20.1 Å². The minimum Gasteiger partial charge on any atom is -0.352 e. The number of thiazole rings is 1. The van der Waals surface area contributed by atoms with Crippen LogP contribution >= 0.6 is 34.3 Å². The summed E-state index contributed by atoms with van der Waals surface area (Å²) in [6, 6.07) is 9.62. The standard InChI is InChI=1S/C21H16ClF3N4OS2/c1-12-28-17(11-31-12)18-7-6-15(32-18)8-9-26-20(30)16-10-27-29(19(16)21(23,24)25)14-4-2-13(22)3-5-14/h2-7,10-11H,8-9H2,1H3,(H,26,30). The van der Waals surface area contributed by atoms with Gasteiger partial charge in [0.1, 0.15) is 0 Å². The Kier molecular flexibility index (Phi) is 6.36. The van der Waals surface area contributed by atoms with E-state index < -0.39 is 23.3 Å². The highest BCUT2D eigenvalue weighted by atomic mass is 35.5. The first-order valence-electron chi connectivity index (χ1n) is 9.43. The molecular weight excluding hydrogens is 481 g/mol. The number of rotatable bonds is 6. The van der Waals surface area contributed by atoms with Crippen LogP contribution in [0.1, 0.15) is 25.9 Å². The third-order valence-corrected chi connectivity index (χ3v) is 6.74. The number of hydrogen-bond donors (Lipinski definition) is 1. The molecule has 1 aromatic carbocycles. The zero-order valence-electron chi connectivity index (χ0n) is 16.6. The monoisotopic (exact) mass is 496 g/mol. The lowest BCUT2D eigenvalue weighted by atomic mass is 10.2. The van der Waals surface area contributed by atoms with E-state index in [1.54, 1.807) is 22.7 Å². The number of nitrogens with zero attached hydrogens (tertiary/aromatic N) is 3. The highest BCUT2D eigenvalue weighted by Gasteiger charge is 2.40. The summed E-state index contributed by atoms with van der Waals surface area (Å²) in [4.78, 5) is 19.0. The van der Waals surface area contributed by atoms with Crippen molar-refractivity contribution < 1.29 is 18.0 Å². The summed E-state index contributed by atoms with van der Waals surface area (Å²) in [6.45, 7) is 2.13. The number of amides is 1. The van der Waals surface area contributed by atoms with E-state index in [-0.39, 0.29) is 12.2 Å². The van der Waals surface area contributed by atoms with Gasteiger partial charge in [-0.2, -0.15) is 18.3 Å². The van der Waals surface area contributed by atoms with E-state index in [0.29, 0.717) is 16.1 Å². The van der Waals surface area contributed by atoms with Crippen molar-refractivity contribution in [2.24, 2.45) is 0 Å². The number of carbonyl (C=O) groups is 1. The van der Waals surface area contributed by atoms with E-state index in [2.05, 4.69) is 15.4 Å². The maximum Gasteiger partial charge on any atom is 0.434 e. The van der Waals surface area contributed by atoms with Crippen molar-refractivity contribution in [2.75, 3.05) is 6.54 Å². The van der Waals surface area contributed by atoms with Gasteiger partial charge in [0.05, 0.1) is 33.0 Å². The Morgan fingerprint density at radius 1 is 1.19 bits per heavy atom. The highest BCUT2D eigenvalue weighted by molar-refractivity contribution is 7.16. The number of hydrogen-bond acceptors (Lipinski definition) is 5. The second-order valence-corrected chi connectivity index (χ2v) is 9.48. The average Bonchev–Trinajstić information content (AvgIpc) is 3.47. The molecule has 0 aliphatic carbocycles. The molecule has 0 aliphatic rings. The first kappa shape index (κ1) is 22.5. The molecule has 0 atom stereocenters. The van der Waals surface area contributed by atoms with Gasteiger partial charge in [0, 0.05) is 21.8 Å². The summed E-state index contributed by atoms with van der Waals surface area (Å²) in [5.41, 5.74) is -0.603. The van der Waals surface area contributed by atoms with Gasteiger partial charge in [-0.15, -0.1) is 22.7 Å². The lowest BCUT2D eigenvalue weighted by Gasteiger charge is -2.13. The number of carbonyl (C=O) groups excluding carboxylic acids is 1. The maximum atomic E-state index is 13.7. The van der Waals surface area contributed by atoms with Crippen LogP contribution in [0.5, 0.6) is 0 Å².